The Bertz CT molecular complexity index is 733. The molecule has 0 aromatic heterocycles. The lowest BCUT2D eigenvalue weighted by atomic mass is 9.90. The topological polar surface area (TPSA) is 29.5 Å². The molecule has 134 valence electrons. The first-order chi connectivity index (χ1) is 12.7. The van der Waals surface area contributed by atoms with Crippen molar-refractivity contribution < 1.29 is 9.53 Å². The number of carbonyl (C=O) groups excluding carboxylic acids is 1. The molecule has 3 heteroatoms. The van der Waals surface area contributed by atoms with Crippen LogP contribution in [-0.4, -0.2) is 30.6 Å². The summed E-state index contributed by atoms with van der Waals surface area (Å²) in [5.74, 6) is -0.210. The summed E-state index contributed by atoms with van der Waals surface area (Å²) < 4.78 is 5.22. The van der Waals surface area contributed by atoms with Gasteiger partial charge in [-0.2, -0.15) is 0 Å². The molecule has 0 spiro atoms. The van der Waals surface area contributed by atoms with E-state index >= 15 is 0 Å². The molecule has 0 unspecified atom stereocenters. The van der Waals surface area contributed by atoms with Crippen molar-refractivity contribution in [2.24, 2.45) is 0 Å². The number of carbonyl (C=O) groups is 1. The van der Waals surface area contributed by atoms with Crippen LogP contribution in [0.1, 0.15) is 30.5 Å². The quantitative estimate of drug-likeness (QED) is 0.419. The molecule has 1 aliphatic heterocycles. The number of rotatable bonds is 7. The van der Waals surface area contributed by atoms with Crippen molar-refractivity contribution in [1.82, 2.24) is 4.90 Å². The van der Waals surface area contributed by atoms with Crippen molar-refractivity contribution in [2.45, 2.75) is 19.4 Å². The second-order valence-electron chi connectivity index (χ2n) is 6.42. The van der Waals surface area contributed by atoms with Gasteiger partial charge in [0.25, 0.3) is 0 Å². The fourth-order valence-corrected chi connectivity index (χ4v) is 3.44. The normalized spacial score (nSPS) is 14.0. The lowest BCUT2D eigenvalue weighted by molar-refractivity contribution is -0.138. The average molecular weight is 347 g/mol. The predicted octanol–water partition coefficient (Wildman–Crippen LogP) is 4.53. The highest BCUT2D eigenvalue weighted by Gasteiger charge is 2.33. The molecular formula is C23H25NO2. The Morgan fingerprint density at radius 3 is 2.08 bits per heavy atom. The summed E-state index contributed by atoms with van der Waals surface area (Å²) in [5.41, 5.74) is 4.44. The van der Waals surface area contributed by atoms with Crippen LogP contribution in [-0.2, 0) is 9.53 Å². The van der Waals surface area contributed by atoms with Gasteiger partial charge >= 0.3 is 5.97 Å². The molecule has 1 heterocycles. The van der Waals surface area contributed by atoms with E-state index in [2.05, 4.69) is 60.0 Å². The van der Waals surface area contributed by atoms with Gasteiger partial charge in [0, 0.05) is 18.7 Å². The number of likely N-dealkylation sites (tertiary alicyclic amines) is 1. The van der Waals surface area contributed by atoms with Crippen LogP contribution in [0, 0.1) is 0 Å². The Hall–Kier alpha value is -2.65. The zero-order valence-corrected chi connectivity index (χ0v) is 15.2. The fourth-order valence-electron chi connectivity index (χ4n) is 3.44. The minimum absolute atomic E-state index is 0.188. The monoisotopic (exact) mass is 347 g/mol. The Labute approximate surface area is 155 Å². The van der Waals surface area contributed by atoms with E-state index in [1.807, 2.05) is 19.1 Å². The van der Waals surface area contributed by atoms with Gasteiger partial charge in [-0.3, -0.25) is 4.90 Å². The first-order valence-electron chi connectivity index (χ1n) is 9.07. The Kier molecular flexibility index (Phi) is 6.03. The molecule has 2 aromatic rings. The van der Waals surface area contributed by atoms with Gasteiger partial charge in [0.1, 0.15) is 0 Å². The second kappa shape index (κ2) is 8.63. The number of nitrogens with zero attached hydrogens (tertiary/aromatic N) is 1. The van der Waals surface area contributed by atoms with Gasteiger partial charge in [-0.25, -0.2) is 4.79 Å². The first kappa shape index (κ1) is 18.2. The molecule has 3 nitrogen and oxygen atoms in total. The maximum absolute atomic E-state index is 12.2. The molecular weight excluding hydrogens is 322 g/mol. The molecule has 0 amide bonds. The summed E-state index contributed by atoms with van der Waals surface area (Å²) in [4.78, 5) is 14.6. The van der Waals surface area contributed by atoms with Crippen LogP contribution >= 0.6 is 0 Å². The lowest BCUT2D eigenvalue weighted by Gasteiger charge is -2.42. The van der Waals surface area contributed by atoms with Gasteiger partial charge in [-0.1, -0.05) is 66.7 Å². The molecule has 1 saturated heterocycles. The predicted molar refractivity (Wildman–Crippen MR) is 105 cm³/mol. The summed E-state index contributed by atoms with van der Waals surface area (Å²) in [5, 5.41) is 0. The molecule has 0 saturated carbocycles. The van der Waals surface area contributed by atoms with Crippen molar-refractivity contribution in [3.05, 3.63) is 95.6 Å². The fraction of sp³-hybridized carbons (Fsp3) is 0.261. The molecule has 0 bridgehead atoms. The Morgan fingerprint density at radius 2 is 1.62 bits per heavy atom. The van der Waals surface area contributed by atoms with Crippen molar-refractivity contribution in [3.8, 4) is 0 Å². The molecule has 1 fully saturated rings. The molecule has 1 aliphatic rings. The zero-order chi connectivity index (χ0) is 18.4. The molecule has 3 rings (SSSR count). The van der Waals surface area contributed by atoms with Gasteiger partial charge < -0.3 is 4.74 Å². The summed E-state index contributed by atoms with van der Waals surface area (Å²) in [6.07, 6.45) is 2.33. The number of allylic oxidation sites excluding steroid dienone is 1. The van der Waals surface area contributed by atoms with Crippen LogP contribution < -0.4 is 0 Å². The number of hydrogen-bond donors (Lipinski definition) is 0. The largest absolute Gasteiger partial charge is 0.463 e. The molecule has 0 N–H and O–H groups in total. The van der Waals surface area contributed by atoms with Gasteiger partial charge in [-0.15, -0.1) is 6.58 Å². The van der Waals surface area contributed by atoms with Crippen LogP contribution in [0.3, 0.4) is 0 Å². The van der Waals surface area contributed by atoms with Gasteiger partial charge in [-0.05, 0) is 30.0 Å². The number of esters is 1. The van der Waals surface area contributed by atoms with Crippen molar-refractivity contribution >= 4 is 5.97 Å². The highest BCUT2D eigenvalue weighted by molar-refractivity contribution is 5.90. The van der Waals surface area contributed by atoms with Crippen molar-refractivity contribution in [1.29, 1.82) is 0 Å². The van der Waals surface area contributed by atoms with E-state index in [1.165, 1.54) is 11.1 Å². The lowest BCUT2D eigenvalue weighted by Crippen LogP contribution is -2.44. The van der Waals surface area contributed by atoms with E-state index in [4.69, 9.17) is 4.74 Å². The Morgan fingerprint density at radius 1 is 1.08 bits per heavy atom. The maximum atomic E-state index is 12.2. The summed E-state index contributed by atoms with van der Waals surface area (Å²) in [7, 11) is 0. The first-order valence-corrected chi connectivity index (χ1v) is 9.07. The molecule has 0 radical (unpaired) electrons. The van der Waals surface area contributed by atoms with E-state index in [0.717, 1.165) is 24.2 Å². The summed E-state index contributed by atoms with van der Waals surface area (Å²) in [6, 6.07) is 21.2. The van der Waals surface area contributed by atoms with Crippen molar-refractivity contribution in [3.63, 3.8) is 0 Å². The van der Waals surface area contributed by atoms with Crippen LogP contribution in [0.5, 0.6) is 0 Å². The van der Waals surface area contributed by atoms with E-state index < -0.39 is 0 Å². The Balaban J connectivity index is 1.86. The molecule has 26 heavy (non-hydrogen) atoms. The zero-order valence-electron chi connectivity index (χ0n) is 15.2. The number of hydrogen-bond acceptors (Lipinski definition) is 3. The van der Waals surface area contributed by atoms with Crippen LogP contribution in [0.4, 0.5) is 0 Å². The van der Waals surface area contributed by atoms with Crippen LogP contribution in [0.2, 0.25) is 0 Å². The second-order valence-corrected chi connectivity index (χ2v) is 6.42. The maximum Gasteiger partial charge on any atom is 0.334 e. The number of benzene rings is 2. The standard InChI is InChI=1S/C23H25NO2/c1-3-11-21(23(25)26-4-2)20-16-24(17-20)22(18-12-7-5-8-13-18)19-14-9-6-10-15-19/h3,5-10,12-15,22H,1,4,11,16-17H2,2H3. The summed E-state index contributed by atoms with van der Waals surface area (Å²) in [6.45, 7) is 7.56. The van der Waals surface area contributed by atoms with Gasteiger partial charge in [0.15, 0.2) is 0 Å². The third kappa shape index (κ3) is 3.94. The highest BCUT2D eigenvalue weighted by Crippen LogP contribution is 2.35. The molecule has 0 aliphatic carbocycles. The molecule has 0 atom stereocenters. The highest BCUT2D eigenvalue weighted by atomic mass is 16.5. The minimum atomic E-state index is -0.210. The van der Waals surface area contributed by atoms with Crippen molar-refractivity contribution in [2.75, 3.05) is 19.7 Å². The molecule has 2 aromatic carbocycles. The summed E-state index contributed by atoms with van der Waals surface area (Å²) >= 11 is 0. The van der Waals surface area contributed by atoms with E-state index in [-0.39, 0.29) is 12.0 Å². The van der Waals surface area contributed by atoms with E-state index in [0.29, 0.717) is 13.0 Å². The third-order valence-corrected chi connectivity index (χ3v) is 4.68. The number of ether oxygens (including phenoxy) is 1. The van der Waals surface area contributed by atoms with Crippen LogP contribution in [0.25, 0.3) is 0 Å². The average Bonchev–Trinajstić information content (AvgIpc) is 2.64. The SMILES string of the molecule is C=CCC(C(=O)OCC)=C1CN(C(c2ccccc2)c2ccccc2)C1. The van der Waals surface area contributed by atoms with Crippen LogP contribution in [0.15, 0.2) is 84.5 Å². The van der Waals surface area contributed by atoms with E-state index in [1.54, 1.807) is 6.08 Å². The van der Waals surface area contributed by atoms with Gasteiger partial charge in [0.2, 0.25) is 0 Å². The minimum Gasteiger partial charge on any atom is -0.463 e. The third-order valence-electron chi connectivity index (χ3n) is 4.68. The smallest absolute Gasteiger partial charge is 0.334 e. The van der Waals surface area contributed by atoms with E-state index in [9.17, 15) is 4.79 Å². The van der Waals surface area contributed by atoms with Gasteiger partial charge in [0.05, 0.1) is 12.6 Å².